The van der Waals surface area contributed by atoms with Gasteiger partial charge >= 0.3 is 0 Å². The van der Waals surface area contributed by atoms with Crippen LogP contribution in [0.25, 0.3) is 11.0 Å². The van der Waals surface area contributed by atoms with Crippen molar-refractivity contribution < 1.29 is 9.53 Å². The fraction of sp³-hybridized carbons (Fsp3) is 0.500. The summed E-state index contributed by atoms with van der Waals surface area (Å²) in [5.41, 5.74) is 4.00. The number of ether oxygens (including phenoxy) is 1. The Bertz CT molecular complexity index is 1060. The number of rotatable bonds is 9. The lowest BCUT2D eigenvalue weighted by atomic mass is 9.89. The predicted molar refractivity (Wildman–Crippen MR) is 134 cm³/mol. The molecular formula is C28H37N3O2. The van der Waals surface area contributed by atoms with Crippen LogP contribution in [0.5, 0.6) is 5.75 Å². The Kier molecular flexibility index (Phi) is 7.69. The summed E-state index contributed by atoms with van der Waals surface area (Å²) in [4.78, 5) is 19.8. The number of fused-ring (bicyclic) bond motifs is 1. The molecule has 0 bridgehead atoms. The van der Waals surface area contributed by atoms with E-state index in [-0.39, 0.29) is 5.91 Å². The second-order valence-electron chi connectivity index (χ2n) is 9.08. The van der Waals surface area contributed by atoms with E-state index >= 15 is 0 Å². The van der Waals surface area contributed by atoms with Gasteiger partial charge in [0.1, 0.15) is 11.6 Å². The number of hydrogen-bond acceptors (Lipinski definition) is 3. The third kappa shape index (κ3) is 5.40. The molecule has 4 rings (SSSR count). The highest BCUT2D eigenvalue weighted by Crippen LogP contribution is 2.29. The van der Waals surface area contributed by atoms with Crippen LogP contribution in [0.15, 0.2) is 42.5 Å². The molecule has 1 saturated carbocycles. The summed E-state index contributed by atoms with van der Waals surface area (Å²) in [7, 11) is 0. The van der Waals surface area contributed by atoms with E-state index in [0.29, 0.717) is 25.6 Å². The van der Waals surface area contributed by atoms with Crippen LogP contribution in [-0.4, -0.2) is 40.1 Å². The molecule has 0 unspecified atom stereocenters. The number of nitrogens with zero attached hydrogens (tertiary/aromatic N) is 3. The van der Waals surface area contributed by atoms with Crippen LogP contribution < -0.4 is 4.74 Å². The maximum absolute atomic E-state index is 12.9. The fourth-order valence-corrected chi connectivity index (χ4v) is 5.03. The molecule has 0 saturated heterocycles. The lowest BCUT2D eigenvalue weighted by Gasteiger charge is -2.23. The molecule has 1 fully saturated rings. The van der Waals surface area contributed by atoms with E-state index in [1.54, 1.807) is 0 Å². The van der Waals surface area contributed by atoms with Gasteiger partial charge in [0, 0.05) is 31.6 Å². The molecule has 3 aromatic rings. The van der Waals surface area contributed by atoms with E-state index in [2.05, 4.69) is 22.8 Å². The van der Waals surface area contributed by atoms with Gasteiger partial charge in [0.05, 0.1) is 17.6 Å². The Labute approximate surface area is 197 Å². The van der Waals surface area contributed by atoms with Crippen molar-refractivity contribution in [3.63, 3.8) is 0 Å². The first-order chi connectivity index (χ1) is 16.1. The Morgan fingerprint density at radius 3 is 2.42 bits per heavy atom. The summed E-state index contributed by atoms with van der Waals surface area (Å²) in [5.74, 6) is 2.76. The van der Waals surface area contributed by atoms with Crippen LogP contribution in [0, 0.1) is 5.92 Å². The molecule has 0 atom stereocenters. The van der Waals surface area contributed by atoms with Gasteiger partial charge in [-0.3, -0.25) is 4.79 Å². The van der Waals surface area contributed by atoms with Crippen molar-refractivity contribution in [1.82, 2.24) is 14.5 Å². The molecule has 5 heteroatoms. The van der Waals surface area contributed by atoms with Gasteiger partial charge in [0.15, 0.2) is 0 Å². The van der Waals surface area contributed by atoms with Crippen LogP contribution in [0.4, 0.5) is 0 Å². The summed E-state index contributed by atoms with van der Waals surface area (Å²) < 4.78 is 8.01. The molecule has 2 aromatic carbocycles. The molecular weight excluding hydrogens is 410 g/mol. The number of amides is 1. The summed E-state index contributed by atoms with van der Waals surface area (Å²) in [6.45, 7) is 9.15. The van der Waals surface area contributed by atoms with Gasteiger partial charge in [-0.05, 0) is 75.4 Å². The lowest BCUT2D eigenvalue weighted by Crippen LogP contribution is -2.30. The van der Waals surface area contributed by atoms with E-state index in [0.717, 1.165) is 41.1 Å². The van der Waals surface area contributed by atoms with Crippen molar-refractivity contribution in [3.05, 3.63) is 59.4 Å². The molecule has 1 aromatic heterocycles. The minimum Gasteiger partial charge on any atom is -0.494 e. The Morgan fingerprint density at radius 1 is 1.03 bits per heavy atom. The molecule has 5 nitrogen and oxygen atoms in total. The SMILES string of the molecule is CCOc1ccc(Cc2nc3cc(C(=O)N(CC)CC)ccc3n2CC2CCCCC2)cc1. The number of benzene rings is 2. The molecule has 176 valence electrons. The first-order valence-corrected chi connectivity index (χ1v) is 12.6. The predicted octanol–water partition coefficient (Wildman–Crippen LogP) is 6.09. The quantitative estimate of drug-likeness (QED) is 0.399. The molecule has 1 aliphatic rings. The van der Waals surface area contributed by atoms with E-state index in [4.69, 9.17) is 9.72 Å². The van der Waals surface area contributed by atoms with Crippen molar-refractivity contribution >= 4 is 16.9 Å². The van der Waals surface area contributed by atoms with Gasteiger partial charge in [-0.25, -0.2) is 4.98 Å². The minimum atomic E-state index is 0.0804. The van der Waals surface area contributed by atoms with Crippen molar-refractivity contribution in [2.24, 2.45) is 5.92 Å². The van der Waals surface area contributed by atoms with Crippen molar-refractivity contribution in [1.29, 1.82) is 0 Å². The Morgan fingerprint density at radius 2 is 1.76 bits per heavy atom. The summed E-state index contributed by atoms with van der Waals surface area (Å²) in [6.07, 6.45) is 7.37. The number of aromatic nitrogens is 2. The van der Waals surface area contributed by atoms with Crippen LogP contribution in [0.3, 0.4) is 0 Å². The first kappa shape index (κ1) is 23.3. The average Bonchev–Trinajstić information content (AvgIpc) is 3.17. The largest absolute Gasteiger partial charge is 0.494 e. The Balaban J connectivity index is 1.67. The summed E-state index contributed by atoms with van der Waals surface area (Å²) in [5, 5.41) is 0. The maximum atomic E-state index is 12.9. The molecule has 0 radical (unpaired) electrons. The van der Waals surface area contributed by atoms with E-state index < -0.39 is 0 Å². The van der Waals surface area contributed by atoms with Gasteiger partial charge in [-0.1, -0.05) is 31.4 Å². The van der Waals surface area contributed by atoms with E-state index in [9.17, 15) is 4.79 Å². The molecule has 33 heavy (non-hydrogen) atoms. The van der Waals surface area contributed by atoms with Crippen LogP contribution in [0.2, 0.25) is 0 Å². The number of imidazole rings is 1. The number of hydrogen-bond donors (Lipinski definition) is 0. The fourth-order valence-electron chi connectivity index (χ4n) is 5.03. The molecule has 1 aliphatic carbocycles. The topological polar surface area (TPSA) is 47.4 Å². The van der Waals surface area contributed by atoms with Gasteiger partial charge in [0.2, 0.25) is 0 Å². The zero-order valence-corrected chi connectivity index (χ0v) is 20.3. The highest BCUT2D eigenvalue weighted by atomic mass is 16.5. The van der Waals surface area contributed by atoms with E-state index in [1.165, 1.54) is 37.7 Å². The zero-order chi connectivity index (χ0) is 23.2. The highest BCUT2D eigenvalue weighted by molar-refractivity contribution is 5.97. The number of carbonyl (C=O) groups is 1. The molecule has 1 amide bonds. The van der Waals surface area contributed by atoms with Crippen molar-refractivity contribution in [2.75, 3.05) is 19.7 Å². The summed E-state index contributed by atoms with van der Waals surface area (Å²) >= 11 is 0. The highest BCUT2D eigenvalue weighted by Gasteiger charge is 2.20. The second-order valence-corrected chi connectivity index (χ2v) is 9.08. The minimum absolute atomic E-state index is 0.0804. The second kappa shape index (κ2) is 10.9. The maximum Gasteiger partial charge on any atom is 0.253 e. The van der Waals surface area contributed by atoms with Crippen molar-refractivity contribution in [2.45, 2.75) is 65.8 Å². The monoisotopic (exact) mass is 447 g/mol. The zero-order valence-electron chi connectivity index (χ0n) is 20.3. The van der Waals surface area contributed by atoms with E-state index in [1.807, 2.05) is 49.9 Å². The average molecular weight is 448 g/mol. The van der Waals surface area contributed by atoms with Crippen LogP contribution >= 0.6 is 0 Å². The van der Waals surface area contributed by atoms with Crippen LogP contribution in [-0.2, 0) is 13.0 Å². The Hall–Kier alpha value is -2.82. The van der Waals surface area contributed by atoms with Gasteiger partial charge in [-0.2, -0.15) is 0 Å². The standard InChI is InChI=1S/C28H37N3O2/c1-4-30(5-2)28(32)23-14-17-26-25(19-23)29-27(31(26)20-22-10-8-7-9-11-22)18-21-12-15-24(16-13-21)33-6-3/h12-17,19,22H,4-11,18,20H2,1-3H3. The third-order valence-corrected chi connectivity index (χ3v) is 6.89. The van der Waals surface area contributed by atoms with Gasteiger partial charge < -0.3 is 14.2 Å². The lowest BCUT2D eigenvalue weighted by molar-refractivity contribution is 0.0773. The van der Waals surface area contributed by atoms with Gasteiger partial charge in [-0.15, -0.1) is 0 Å². The molecule has 0 N–H and O–H groups in total. The summed E-state index contributed by atoms with van der Waals surface area (Å²) in [6, 6.07) is 14.4. The molecule has 1 heterocycles. The van der Waals surface area contributed by atoms with Gasteiger partial charge in [0.25, 0.3) is 5.91 Å². The molecule has 0 spiro atoms. The third-order valence-electron chi connectivity index (χ3n) is 6.89. The smallest absolute Gasteiger partial charge is 0.253 e. The first-order valence-electron chi connectivity index (χ1n) is 12.6. The van der Waals surface area contributed by atoms with Crippen LogP contribution in [0.1, 0.15) is 74.6 Å². The molecule has 0 aliphatic heterocycles. The van der Waals surface area contributed by atoms with Crippen molar-refractivity contribution in [3.8, 4) is 5.75 Å². The number of carbonyl (C=O) groups excluding carboxylic acids is 1. The normalized spacial score (nSPS) is 14.5.